The molecule has 1 N–H and O–H groups in total. The molecule has 0 radical (unpaired) electrons. The molecule has 1 atom stereocenters. The molecule has 3 rings (SSSR count). The molecule has 0 aromatic carbocycles. The first-order valence-corrected chi connectivity index (χ1v) is 9.99. The van der Waals surface area contributed by atoms with Crippen molar-refractivity contribution in [3.63, 3.8) is 0 Å². The van der Waals surface area contributed by atoms with Crippen molar-refractivity contribution in [3.8, 4) is 0 Å². The second-order valence-corrected chi connectivity index (χ2v) is 8.52. The van der Waals surface area contributed by atoms with Crippen LogP contribution in [-0.2, 0) is 0 Å². The van der Waals surface area contributed by atoms with Gasteiger partial charge in [-0.05, 0) is 31.1 Å². The molecule has 1 saturated heterocycles. The van der Waals surface area contributed by atoms with Gasteiger partial charge in [0.2, 0.25) is 0 Å². The zero-order valence-electron chi connectivity index (χ0n) is 16.5. The van der Waals surface area contributed by atoms with Gasteiger partial charge in [-0.3, -0.25) is 14.5 Å². The predicted octanol–water partition coefficient (Wildman–Crippen LogP) is 2.48. The lowest BCUT2D eigenvalue weighted by Gasteiger charge is -2.34. The summed E-state index contributed by atoms with van der Waals surface area (Å²) in [5.74, 6) is 1.88. The number of hydrogen-bond acceptors (Lipinski definition) is 4. The first kappa shape index (κ1) is 19.1. The van der Waals surface area contributed by atoms with E-state index in [-0.39, 0.29) is 22.9 Å². The van der Waals surface area contributed by atoms with Crippen LogP contribution in [0.1, 0.15) is 69.1 Å². The smallest absolute Gasteiger partial charge is 0.263 e. The van der Waals surface area contributed by atoms with Gasteiger partial charge in [-0.1, -0.05) is 27.7 Å². The van der Waals surface area contributed by atoms with E-state index in [1.165, 1.54) is 19.0 Å². The highest BCUT2D eigenvalue weighted by molar-refractivity contribution is 5.93. The van der Waals surface area contributed by atoms with Crippen molar-refractivity contribution in [1.29, 1.82) is 0 Å². The summed E-state index contributed by atoms with van der Waals surface area (Å²) in [6.45, 7) is 12.0. The van der Waals surface area contributed by atoms with Crippen molar-refractivity contribution in [2.45, 2.75) is 58.9 Å². The van der Waals surface area contributed by atoms with Crippen LogP contribution in [0.4, 0.5) is 0 Å². The second-order valence-electron chi connectivity index (χ2n) is 8.52. The number of rotatable bonds is 5. The van der Waals surface area contributed by atoms with Gasteiger partial charge in [0.1, 0.15) is 11.4 Å². The van der Waals surface area contributed by atoms with Crippen LogP contribution in [-0.4, -0.2) is 57.9 Å². The van der Waals surface area contributed by atoms with Crippen LogP contribution in [0.2, 0.25) is 0 Å². The monoisotopic (exact) mass is 360 g/mol. The summed E-state index contributed by atoms with van der Waals surface area (Å²) in [5, 5.41) is 0. The third-order valence-electron chi connectivity index (χ3n) is 5.59. The maximum absolute atomic E-state index is 13.0. The van der Waals surface area contributed by atoms with E-state index in [2.05, 4.69) is 28.7 Å². The van der Waals surface area contributed by atoms with Gasteiger partial charge < -0.3 is 9.88 Å². The number of nitrogens with one attached hydrogen (secondary N) is 1. The first-order valence-electron chi connectivity index (χ1n) is 9.99. The molecular weight excluding hydrogens is 328 g/mol. The predicted molar refractivity (Wildman–Crippen MR) is 102 cm³/mol. The molecular formula is C20H32N4O2. The zero-order valence-corrected chi connectivity index (χ0v) is 16.5. The largest absolute Gasteiger partial charge is 0.337 e. The summed E-state index contributed by atoms with van der Waals surface area (Å²) in [5.41, 5.74) is -0.165. The fourth-order valence-corrected chi connectivity index (χ4v) is 3.76. The molecule has 0 unspecified atom stereocenters. The second kappa shape index (κ2) is 7.91. The summed E-state index contributed by atoms with van der Waals surface area (Å²) < 4.78 is 0. The Labute approximate surface area is 156 Å². The van der Waals surface area contributed by atoms with Crippen molar-refractivity contribution in [2.24, 2.45) is 11.8 Å². The Kier molecular flexibility index (Phi) is 5.80. The molecule has 2 fully saturated rings. The van der Waals surface area contributed by atoms with Crippen molar-refractivity contribution in [1.82, 2.24) is 19.8 Å². The Morgan fingerprint density at radius 3 is 2.58 bits per heavy atom. The molecule has 1 aromatic rings. The van der Waals surface area contributed by atoms with Crippen LogP contribution < -0.4 is 5.56 Å². The van der Waals surface area contributed by atoms with E-state index >= 15 is 0 Å². The van der Waals surface area contributed by atoms with Crippen LogP contribution >= 0.6 is 0 Å². The number of amides is 1. The molecule has 6 heteroatoms. The van der Waals surface area contributed by atoms with Crippen LogP contribution in [0, 0.1) is 11.8 Å². The maximum Gasteiger partial charge on any atom is 0.263 e. The molecule has 1 aliphatic carbocycles. The molecule has 144 valence electrons. The van der Waals surface area contributed by atoms with Gasteiger partial charge in [0.15, 0.2) is 0 Å². The van der Waals surface area contributed by atoms with E-state index in [0.29, 0.717) is 30.9 Å². The lowest BCUT2D eigenvalue weighted by Crippen LogP contribution is -2.47. The van der Waals surface area contributed by atoms with Crippen LogP contribution in [0.15, 0.2) is 11.0 Å². The number of hydrogen-bond donors (Lipinski definition) is 1. The molecule has 1 aliphatic heterocycles. The van der Waals surface area contributed by atoms with E-state index in [1.54, 1.807) is 0 Å². The highest BCUT2D eigenvalue weighted by Gasteiger charge is 2.34. The van der Waals surface area contributed by atoms with E-state index < -0.39 is 0 Å². The Morgan fingerprint density at radius 1 is 1.27 bits per heavy atom. The average molecular weight is 361 g/mol. The van der Waals surface area contributed by atoms with Crippen molar-refractivity contribution in [3.05, 3.63) is 27.9 Å². The number of H-pyrrole nitrogens is 1. The number of aromatic nitrogens is 2. The lowest BCUT2D eigenvalue weighted by atomic mass is 10.0. The third kappa shape index (κ3) is 4.34. The highest BCUT2D eigenvalue weighted by Crippen LogP contribution is 2.32. The highest BCUT2D eigenvalue weighted by atomic mass is 16.2. The molecule has 0 spiro atoms. The molecule has 1 amide bonds. The average Bonchev–Trinajstić information content (AvgIpc) is 3.41. The third-order valence-corrected chi connectivity index (χ3v) is 5.59. The van der Waals surface area contributed by atoms with Gasteiger partial charge in [0.05, 0.1) is 0 Å². The van der Waals surface area contributed by atoms with E-state index in [0.717, 1.165) is 25.4 Å². The van der Waals surface area contributed by atoms with E-state index in [4.69, 9.17) is 0 Å². The Hall–Kier alpha value is -1.69. The molecule has 2 aliphatic rings. The van der Waals surface area contributed by atoms with Gasteiger partial charge in [0, 0.05) is 44.3 Å². The van der Waals surface area contributed by atoms with Crippen LogP contribution in [0.3, 0.4) is 0 Å². The standard InChI is InChI=1S/C20H32N4O2/c1-13(2)17-12-24(9-5-8-23(17)11-15-6-7-15)20(26)16-10-21-18(14(3)4)22-19(16)25/h10,13-15,17H,5-9,11-12H2,1-4H3,(H,21,22,25)/t17-/m1/s1. The van der Waals surface area contributed by atoms with Gasteiger partial charge in [-0.25, -0.2) is 4.98 Å². The van der Waals surface area contributed by atoms with Gasteiger partial charge in [-0.15, -0.1) is 0 Å². The van der Waals surface area contributed by atoms with Crippen molar-refractivity contribution >= 4 is 5.91 Å². The number of carbonyl (C=O) groups excluding carboxylic acids is 1. The Bertz CT molecular complexity index is 693. The molecule has 1 aromatic heterocycles. The summed E-state index contributed by atoms with van der Waals surface area (Å²) in [6.07, 6.45) is 5.09. The minimum absolute atomic E-state index is 0.131. The normalized spacial score (nSPS) is 22.1. The topological polar surface area (TPSA) is 69.3 Å². The van der Waals surface area contributed by atoms with Crippen LogP contribution in [0.5, 0.6) is 0 Å². The summed E-state index contributed by atoms with van der Waals surface area (Å²) in [4.78, 5) is 36.9. The fraction of sp³-hybridized carbons (Fsp3) is 0.750. The SMILES string of the molecule is CC(C)c1ncc(C(=O)N2CCCN(CC3CC3)[C@@H](C(C)C)C2)c(=O)[nH]1. The lowest BCUT2D eigenvalue weighted by molar-refractivity contribution is 0.0702. The molecule has 26 heavy (non-hydrogen) atoms. The summed E-state index contributed by atoms with van der Waals surface area (Å²) >= 11 is 0. The van der Waals surface area contributed by atoms with Crippen molar-refractivity contribution in [2.75, 3.05) is 26.2 Å². The number of carbonyl (C=O) groups is 1. The summed E-state index contributed by atoms with van der Waals surface area (Å²) in [6, 6.07) is 0.351. The van der Waals surface area contributed by atoms with Gasteiger partial charge in [-0.2, -0.15) is 0 Å². The fourth-order valence-electron chi connectivity index (χ4n) is 3.76. The summed E-state index contributed by atoms with van der Waals surface area (Å²) in [7, 11) is 0. The van der Waals surface area contributed by atoms with Gasteiger partial charge in [0.25, 0.3) is 11.5 Å². The maximum atomic E-state index is 13.0. The number of nitrogens with zero attached hydrogens (tertiary/aromatic N) is 3. The minimum atomic E-state index is -0.325. The molecule has 2 heterocycles. The van der Waals surface area contributed by atoms with Gasteiger partial charge >= 0.3 is 0 Å². The first-order chi connectivity index (χ1) is 12.4. The molecule has 0 bridgehead atoms. The van der Waals surface area contributed by atoms with E-state index in [1.807, 2.05) is 18.7 Å². The van der Waals surface area contributed by atoms with Crippen molar-refractivity contribution < 1.29 is 4.79 Å². The Balaban J connectivity index is 1.77. The Morgan fingerprint density at radius 2 is 2.00 bits per heavy atom. The zero-order chi connectivity index (χ0) is 18.8. The molecule has 1 saturated carbocycles. The molecule has 6 nitrogen and oxygen atoms in total. The quantitative estimate of drug-likeness (QED) is 0.876. The van der Waals surface area contributed by atoms with Crippen LogP contribution in [0.25, 0.3) is 0 Å². The number of aromatic amines is 1. The minimum Gasteiger partial charge on any atom is -0.337 e. The van der Waals surface area contributed by atoms with E-state index in [9.17, 15) is 9.59 Å².